The Morgan fingerprint density at radius 2 is 2.22 bits per heavy atom. The van der Waals surface area contributed by atoms with Gasteiger partial charge in [0.2, 0.25) is 0 Å². The van der Waals surface area contributed by atoms with Crippen molar-refractivity contribution in [3.8, 4) is 0 Å². The average Bonchev–Trinajstić information content (AvgIpc) is 2.17. The highest BCUT2D eigenvalue weighted by molar-refractivity contribution is 5.04. The van der Waals surface area contributed by atoms with E-state index in [0.717, 1.165) is 11.3 Å². The molecule has 1 saturated carbocycles. The van der Waals surface area contributed by atoms with Crippen LogP contribution in [-0.2, 0) is 0 Å². The van der Waals surface area contributed by atoms with Gasteiger partial charge in [0.05, 0.1) is 0 Å². The number of hydrogen-bond donors (Lipinski definition) is 0. The first-order valence-corrected chi connectivity index (χ1v) is 3.91. The molecule has 0 aromatic heterocycles. The SMILES string of the molecule is C[C@H]1CC12CCN(C)C2. The molecule has 1 spiro atoms. The minimum Gasteiger partial charge on any atom is -0.306 e. The monoisotopic (exact) mass is 125 g/mol. The standard InChI is InChI=1S/C8H15N/c1-7-5-8(7)3-4-9(2)6-8/h7H,3-6H2,1-2H3/t7-,8?/m0/s1. The van der Waals surface area contributed by atoms with Crippen molar-refractivity contribution in [2.45, 2.75) is 19.8 Å². The minimum absolute atomic E-state index is 0.800. The lowest BCUT2D eigenvalue weighted by atomic mass is 10.0. The summed E-state index contributed by atoms with van der Waals surface area (Å²) in [4.78, 5) is 2.46. The third kappa shape index (κ3) is 0.710. The Balaban J connectivity index is 2.03. The molecule has 0 aromatic rings. The molecule has 1 aliphatic carbocycles. The summed E-state index contributed by atoms with van der Waals surface area (Å²) >= 11 is 0. The number of likely N-dealkylation sites (tertiary alicyclic amines) is 1. The highest BCUT2D eigenvalue weighted by Crippen LogP contribution is 2.57. The molecule has 0 bridgehead atoms. The van der Waals surface area contributed by atoms with Crippen LogP contribution in [0.1, 0.15) is 19.8 Å². The normalized spacial score (nSPS) is 50.7. The molecule has 0 amide bonds. The van der Waals surface area contributed by atoms with E-state index >= 15 is 0 Å². The first-order valence-electron chi connectivity index (χ1n) is 3.91. The lowest BCUT2D eigenvalue weighted by Crippen LogP contribution is -2.14. The van der Waals surface area contributed by atoms with E-state index < -0.39 is 0 Å². The van der Waals surface area contributed by atoms with Gasteiger partial charge >= 0.3 is 0 Å². The van der Waals surface area contributed by atoms with E-state index in [4.69, 9.17) is 0 Å². The summed E-state index contributed by atoms with van der Waals surface area (Å²) in [6.07, 6.45) is 2.96. The first kappa shape index (κ1) is 5.72. The highest BCUT2D eigenvalue weighted by atomic mass is 15.1. The van der Waals surface area contributed by atoms with Gasteiger partial charge in [0.25, 0.3) is 0 Å². The molecule has 2 rings (SSSR count). The third-order valence-electron chi connectivity index (χ3n) is 3.17. The van der Waals surface area contributed by atoms with Gasteiger partial charge in [0, 0.05) is 6.54 Å². The van der Waals surface area contributed by atoms with Crippen molar-refractivity contribution < 1.29 is 0 Å². The van der Waals surface area contributed by atoms with Gasteiger partial charge in [-0.1, -0.05) is 6.92 Å². The molecule has 1 nitrogen and oxygen atoms in total. The number of rotatable bonds is 0. The maximum Gasteiger partial charge on any atom is 0.00381 e. The predicted molar refractivity (Wildman–Crippen MR) is 38.3 cm³/mol. The Hall–Kier alpha value is -0.0400. The zero-order valence-corrected chi connectivity index (χ0v) is 6.35. The second kappa shape index (κ2) is 1.51. The maximum absolute atomic E-state index is 2.46. The largest absolute Gasteiger partial charge is 0.306 e. The molecule has 2 fully saturated rings. The van der Waals surface area contributed by atoms with Crippen LogP contribution in [0.15, 0.2) is 0 Å². The van der Waals surface area contributed by atoms with Crippen LogP contribution in [0.2, 0.25) is 0 Å². The van der Waals surface area contributed by atoms with Crippen LogP contribution in [-0.4, -0.2) is 25.0 Å². The molecule has 1 heterocycles. The van der Waals surface area contributed by atoms with Crippen LogP contribution >= 0.6 is 0 Å². The van der Waals surface area contributed by atoms with Gasteiger partial charge in [-0.2, -0.15) is 0 Å². The lowest BCUT2D eigenvalue weighted by molar-refractivity contribution is 0.379. The summed E-state index contributed by atoms with van der Waals surface area (Å²) in [7, 11) is 2.24. The Kier molecular flexibility index (Phi) is 0.963. The van der Waals surface area contributed by atoms with E-state index in [2.05, 4.69) is 18.9 Å². The Labute approximate surface area is 57.0 Å². The summed E-state index contributed by atoms with van der Waals surface area (Å²) in [5.74, 6) is 1.03. The van der Waals surface area contributed by atoms with Gasteiger partial charge in [-0.3, -0.25) is 0 Å². The Morgan fingerprint density at radius 1 is 1.56 bits per heavy atom. The molecule has 1 unspecified atom stereocenters. The van der Waals surface area contributed by atoms with Crippen LogP contribution in [0, 0.1) is 11.3 Å². The topological polar surface area (TPSA) is 3.24 Å². The summed E-state index contributed by atoms with van der Waals surface area (Å²) < 4.78 is 0. The molecule has 2 atom stereocenters. The van der Waals surface area contributed by atoms with Gasteiger partial charge in [0.15, 0.2) is 0 Å². The van der Waals surface area contributed by atoms with Crippen molar-refractivity contribution in [1.82, 2.24) is 4.90 Å². The molecule has 1 aliphatic heterocycles. The number of hydrogen-bond acceptors (Lipinski definition) is 1. The van der Waals surface area contributed by atoms with Gasteiger partial charge in [-0.25, -0.2) is 0 Å². The summed E-state index contributed by atoms with van der Waals surface area (Å²) in [6, 6.07) is 0. The molecule has 2 aliphatic rings. The van der Waals surface area contributed by atoms with Crippen LogP contribution in [0.5, 0.6) is 0 Å². The van der Waals surface area contributed by atoms with Crippen molar-refractivity contribution in [3.63, 3.8) is 0 Å². The van der Waals surface area contributed by atoms with Crippen molar-refractivity contribution in [3.05, 3.63) is 0 Å². The van der Waals surface area contributed by atoms with Gasteiger partial charge in [0.1, 0.15) is 0 Å². The van der Waals surface area contributed by atoms with E-state index in [1.165, 1.54) is 25.9 Å². The van der Waals surface area contributed by atoms with Crippen molar-refractivity contribution in [2.24, 2.45) is 11.3 Å². The Morgan fingerprint density at radius 3 is 2.44 bits per heavy atom. The molecule has 1 heteroatoms. The molecular weight excluding hydrogens is 110 g/mol. The van der Waals surface area contributed by atoms with Crippen LogP contribution in [0.3, 0.4) is 0 Å². The van der Waals surface area contributed by atoms with Gasteiger partial charge in [-0.15, -0.1) is 0 Å². The average molecular weight is 125 g/mol. The third-order valence-corrected chi connectivity index (χ3v) is 3.17. The molecule has 1 saturated heterocycles. The molecule has 52 valence electrons. The first-order chi connectivity index (χ1) is 4.23. The molecular formula is C8H15N. The summed E-state index contributed by atoms with van der Waals surface area (Å²) in [5.41, 5.74) is 0.800. The smallest absolute Gasteiger partial charge is 0.00381 e. The van der Waals surface area contributed by atoms with Crippen molar-refractivity contribution >= 4 is 0 Å². The predicted octanol–water partition coefficient (Wildman–Crippen LogP) is 1.35. The summed E-state index contributed by atoms with van der Waals surface area (Å²) in [5, 5.41) is 0. The highest BCUT2D eigenvalue weighted by Gasteiger charge is 2.53. The molecule has 0 aromatic carbocycles. The molecule has 9 heavy (non-hydrogen) atoms. The van der Waals surface area contributed by atoms with Crippen LogP contribution in [0.25, 0.3) is 0 Å². The van der Waals surface area contributed by atoms with Crippen LogP contribution < -0.4 is 0 Å². The second-order valence-electron chi connectivity index (χ2n) is 3.96. The summed E-state index contributed by atoms with van der Waals surface area (Å²) in [6.45, 7) is 5.09. The van der Waals surface area contributed by atoms with E-state index in [1.807, 2.05) is 0 Å². The Bertz CT molecular complexity index is 131. The van der Waals surface area contributed by atoms with E-state index in [9.17, 15) is 0 Å². The van der Waals surface area contributed by atoms with Crippen LogP contribution in [0.4, 0.5) is 0 Å². The van der Waals surface area contributed by atoms with Crippen molar-refractivity contribution in [1.29, 1.82) is 0 Å². The van der Waals surface area contributed by atoms with Gasteiger partial charge < -0.3 is 4.90 Å². The molecule has 0 N–H and O–H groups in total. The fraction of sp³-hybridized carbons (Fsp3) is 1.00. The van der Waals surface area contributed by atoms with E-state index in [-0.39, 0.29) is 0 Å². The zero-order chi connectivity index (χ0) is 6.48. The maximum atomic E-state index is 2.46. The van der Waals surface area contributed by atoms with E-state index in [1.54, 1.807) is 0 Å². The number of nitrogens with zero attached hydrogens (tertiary/aromatic N) is 1. The fourth-order valence-electron chi connectivity index (χ4n) is 2.23. The zero-order valence-electron chi connectivity index (χ0n) is 6.35. The minimum atomic E-state index is 0.800. The van der Waals surface area contributed by atoms with Crippen molar-refractivity contribution in [2.75, 3.05) is 20.1 Å². The molecule has 0 radical (unpaired) electrons. The van der Waals surface area contributed by atoms with E-state index in [0.29, 0.717) is 0 Å². The quantitative estimate of drug-likeness (QED) is 0.472. The second-order valence-corrected chi connectivity index (χ2v) is 3.96. The lowest BCUT2D eigenvalue weighted by Gasteiger charge is -2.07. The fourth-order valence-corrected chi connectivity index (χ4v) is 2.23. The van der Waals surface area contributed by atoms with Gasteiger partial charge in [-0.05, 0) is 37.8 Å².